The summed E-state index contributed by atoms with van der Waals surface area (Å²) in [6.07, 6.45) is 4.11. The number of hydrogen-bond acceptors (Lipinski definition) is 1. The van der Waals surface area contributed by atoms with Crippen LogP contribution in [0.25, 0.3) is 0 Å². The summed E-state index contributed by atoms with van der Waals surface area (Å²) in [5.41, 5.74) is 0.520. The monoisotopic (exact) mass is 202 g/mol. The van der Waals surface area contributed by atoms with Crippen molar-refractivity contribution < 1.29 is 0 Å². The van der Waals surface area contributed by atoms with E-state index in [2.05, 4.69) is 53.3 Å². The maximum Gasteiger partial charge on any atom is 0.00750 e. The molecule has 0 saturated carbocycles. The van der Waals surface area contributed by atoms with E-state index in [0.29, 0.717) is 10.2 Å². The van der Waals surface area contributed by atoms with Crippen molar-refractivity contribution in [1.29, 1.82) is 0 Å². The van der Waals surface area contributed by atoms with E-state index in [0.717, 1.165) is 0 Å². The van der Waals surface area contributed by atoms with Gasteiger partial charge in [-0.3, -0.25) is 0 Å². The molecule has 1 heteroatoms. The van der Waals surface area contributed by atoms with Gasteiger partial charge in [0.1, 0.15) is 0 Å². The molecule has 0 amide bonds. The molecule has 0 bridgehead atoms. The number of rotatable bonds is 4. The predicted molar refractivity (Wildman–Crippen MR) is 65.5 cm³/mol. The van der Waals surface area contributed by atoms with E-state index in [1.807, 2.05) is 0 Å². The van der Waals surface area contributed by atoms with Crippen LogP contribution >= 0.6 is 11.8 Å². The van der Waals surface area contributed by atoms with Crippen LogP contribution in [0.4, 0.5) is 0 Å². The molecule has 0 aliphatic carbocycles. The van der Waals surface area contributed by atoms with Crippen LogP contribution in [0.2, 0.25) is 0 Å². The zero-order valence-electron chi connectivity index (χ0n) is 10.2. The van der Waals surface area contributed by atoms with Gasteiger partial charge in [0.25, 0.3) is 0 Å². The van der Waals surface area contributed by atoms with Gasteiger partial charge in [0, 0.05) is 4.75 Å². The highest BCUT2D eigenvalue weighted by molar-refractivity contribution is 8.00. The van der Waals surface area contributed by atoms with Crippen molar-refractivity contribution in [2.45, 2.75) is 65.6 Å². The minimum absolute atomic E-state index is 0.446. The Morgan fingerprint density at radius 2 is 1.38 bits per heavy atom. The Bertz CT molecular complexity index is 109. The fourth-order valence-corrected chi connectivity index (χ4v) is 2.10. The molecule has 0 saturated heterocycles. The molecule has 0 aromatic rings. The highest BCUT2D eigenvalue weighted by atomic mass is 32.2. The van der Waals surface area contributed by atoms with Crippen molar-refractivity contribution in [2.75, 3.05) is 5.75 Å². The summed E-state index contributed by atoms with van der Waals surface area (Å²) in [4.78, 5) is 0. The largest absolute Gasteiger partial charge is 0.156 e. The second-order valence-corrected chi connectivity index (χ2v) is 7.90. The van der Waals surface area contributed by atoms with Gasteiger partial charge in [-0.25, -0.2) is 0 Å². The normalized spacial score (nSPS) is 13.4. The van der Waals surface area contributed by atoms with E-state index in [9.17, 15) is 0 Å². The predicted octanol–water partition coefficient (Wildman–Crippen LogP) is 4.73. The first kappa shape index (κ1) is 13.4. The maximum atomic E-state index is 2.32. The van der Waals surface area contributed by atoms with Gasteiger partial charge >= 0.3 is 0 Å². The minimum atomic E-state index is 0.446. The van der Waals surface area contributed by atoms with Crippen molar-refractivity contribution >= 4 is 11.8 Å². The molecule has 0 rings (SSSR count). The zero-order chi connectivity index (χ0) is 10.5. The molecule has 0 atom stereocenters. The topological polar surface area (TPSA) is 0 Å². The molecule has 0 nitrogen and oxygen atoms in total. The van der Waals surface area contributed by atoms with Crippen molar-refractivity contribution in [2.24, 2.45) is 5.41 Å². The maximum absolute atomic E-state index is 2.32. The van der Waals surface area contributed by atoms with Crippen LogP contribution in [-0.4, -0.2) is 10.5 Å². The molecule has 0 radical (unpaired) electrons. The van der Waals surface area contributed by atoms with Crippen LogP contribution in [0.15, 0.2) is 0 Å². The molecule has 0 fully saturated rings. The van der Waals surface area contributed by atoms with Gasteiger partial charge in [-0.1, -0.05) is 48.0 Å². The molecule has 80 valence electrons. The zero-order valence-corrected chi connectivity index (χ0v) is 11.1. The lowest BCUT2D eigenvalue weighted by atomic mass is 9.90. The Morgan fingerprint density at radius 1 is 0.846 bits per heavy atom. The third-order valence-electron chi connectivity index (χ3n) is 1.86. The summed E-state index contributed by atoms with van der Waals surface area (Å²) in [6, 6.07) is 0. The van der Waals surface area contributed by atoms with Crippen molar-refractivity contribution in [3.8, 4) is 0 Å². The van der Waals surface area contributed by atoms with Crippen molar-refractivity contribution in [3.63, 3.8) is 0 Å². The van der Waals surface area contributed by atoms with E-state index in [4.69, 9.17) is 0 Å². The summed E-state index contributed by atoms with van der Waals surface area (Å²) in [7, 11) is 0. The lowest BCUT2D eigenvalue weighted by Crippen LogP contribution is -2.09. The van der Waals surface area contributed by atoms with Gasteiger partial charge in [-0.05, 0) is 24.0 Å². The molecular formula is C12H26S. The Hall–Kier alpha value is 0.350. The van der Waals surface area contributed by atoms with Crippen LogP contribution in [0.1, 0.15) is 60.8 Å². The second-order valence-electron chi connectivity index (χ2n) is 5.98. The standard InChI is InChI=1S/C12H26S/c1-11(2,3)9-7-8-10-13-12(4,5)6/h7-10H2,1-6H3. The van der Waals surface area contributed by atoms with Gasteiger partial charge < -0.3 is 0 Å². The summed E-state index contributed by atoms with van der Waals surface area (Å²) < 4.78 is 0.446. The smallest absolute Gasteiger partial charge is 0.00750 e. The summed E-state index contributed by atoms with van der Waals surface area (Å²) in [6.45, 7) is 13.8. The van der Waals surface area contributed by atoms with E-state index in [-0.39, 0.29) is 0 Å². The van der Waals surface area contributed by atoms with E-state index in [1.165, 1.54) is 25.0 Å². The molecule has 0 aliphatic rings. The van der Waals surface area contributed by atoms with Crippen LogP contribution < -0.4 is 0 Å². The molecule has 0 unspecified atom stereocenters. The Morgan fingerprint density at radius 3 is 1.77 bits per heavy atom. The van der Waals surface area contributed by atoms with Gasteiger partial charge in [-0.15, -0.1) is 0 Å². The van der Waals surface area contributed by atoms with Crippen LogP contribution in [-0.2, 0) is 0 Å². The van der Waals surface area contributed by atoms with Gasteiger partial charge in [0.2, 0.25) is 0 Å². The second kappa shape index (κ2) is 5.29. The molecule has 0 aromatic carbocycles. The minimum Gasteiger partial charge on any atom is -0.156 e. The van der Waals surface area contributed by atoms with Crippen LogP contribution in [0, 0.1) is 5.41 Å². The first-order valence-corrected chi connectivity index (χ1v) is 6.33. The van der Waals surface area contributed by atoms with Gasteiger partial charge in [0.05, 0.1) is 0 Å². The molecule has 0 N–H and O–H groups in total. The fraction of sp³-hybridized carbons (Fsp3) is 1.00. The average molecular weight is 202 g/mol. The van der Waals surface area contributed by atoms with E-state index >= 15 is 0 Å². The SMILES string of the molecule is CC(C)(C)CCCCSC(C)(C)C. The highest BCUT2D eigenvalue weighted by Crippen LogP contribution is 2.26. The van der Waals surface area contributed by atoms with Crippen molar-refractivity contribution in [1.82, 2.24) is 0 Å². The summed E-state index contributed by atoms with van der Waals surface area (Å²) >= 11 is 2.08. The molecule has 0 aromatic heterocycles. The van der Waals surface area contributed by atoms with Crippen LogP contribution in [0.5, 0.6) is 0 Å². The lowest BCUT2D eigenvalue weighted by Gasteiger charge is -2.19. The first-order chi connectivity index (χ1) is 5.71. The lowest BCUT2D eigenvalue weighted by molar-refractivity contribution is 0.364. The summed E-state index contributed by atoms with van der Waals surface area (Å²) in [5, 5.41) is 0. The molecule has 0 heterocycles. The quantitative estimate of drug-likeness (QED) is 0.594. The van der Waals surface area contributed by atoms with E-state index in [1.54, 1.807) is 0 Å². The van der Waals surface area contributed by atoms with Crippen molar-refractivity contribution in [3.05, 3.63) is 0 Å². The summed E-state index contributed by atoms with van der Waals surface area (Å²) in [5.74, 6) is 1.32. The van der Waals surface area contributed by atoms with Gasteiger partial charge in [-0.2, -0.15) is 11.8 Å². The molecule has 13 heavy (non-hydrogen) atoms. The third-order valence-corrected chi connectivity index (χ3v) is 3.22. The fourth-order valence-electron chi connectivity index (χ4n) is 1.14. The average Bonchev–Trinajstić information content (AvgIpc) is 1.81. The van der Waals surface area contributed by atoms with Gasteiger partial charge in [0.15, 0.2) is 0 Å². The molecule has 0 spiro atoms. The van der Waals surface area contributed by atoms with E-state index < -0.39 is 0 Å². The Kier molecular flexibility index (Phi) is 5.43. The van der Waals surface area contributed by atoms with Crippen LogP contribution in [0.3, 0.4) is 0 Å². The Labute approximate surface area is 88.9 Å². The Balaban J connectivity index is 3.28. The number of unbranched alkanes of at least 4 members (excludes halogenated alkanes) is 1. The number of thioether (sulfide) groups is 1. The molecular weight excluding hydrogens is 176 g/mol. The highest BCUT2D eigenvalue weighted by Gasteiger charge is 2.11. The number of hydrogen-bond donors (Lipinski definition) is 0. The third kappa shape index (κ3) is 12.4. The first-order valence-electron chi connectivity index (χ1n) is 5.35. The molecule has 0 aliphatic heterocycles.